The first-order chi connectivity index (χ1) is 12.0. The molecular formula is C16H13BrN4O4. The molecule has 0 radical (unpaired) electrons. The van der Waals surface area contributed by atoms with Gasteiger partial charge in [-0.3, -0.25) is 14.3 Å². The minimum absolute atomic E-state index is 0.134. The lowest BCUT2D eigenvalue weighted by molar-refractivity contribution is -0.116. The van der Waals surface area contributed by atoms with E-state index in [4.69, 9.17) is 8.83 Å². The Morgan fingerprint density at radius 3 is 2.96 bits per heavy atom. The summed E-state index contributed by atoms with van der Waals surface area (Å²) in [5.74, 6) is 0.795. The fourth-order valence-corrected chi connectivity index (χ4v) is 3.23. The normalized spacial score (nSPS) is 16.4. The Balaban J connectivity index is 1.74. The molecule has 0 fully saturated rings. The smallest absolute Gasteiger partial charge is 0.292 e. The first kappa shape index (κ1) is 15.7. The largest absolute Gasteiger partial charge is 0.469 e. The lowest BCUT2D eigenvalue weighted by Gasteiger charge is -2.22. The molecule has 9 heteroatoms. The fraction of sp³-hybridized carbons (Fsp3) is 0.188. The Kier molecular flexibility index (Phi) is 3.72. The van der Waals surface area contributed by atoms with E-state index in [2.05, 4.69) is 31.7 Å². The van der Waals surface area contributed by atoms with Crippen molar-refractivity contribution in [3.05, 3.63) is 52.3 Å². The molecule has 0 aromatic carbocycles. The molecule has 0 bridgehead atoms. The van der Waals surface area contributed by atoms with Crippen molar-refractivity contribution < 1.29 is 18.4 Å². The highest BCUT2D eigenvalue weighted by atomic mass is 79.9. The summed E-state index contributed by atoms with van der Waals surface area (Å²) in [5.41, 5.74) is 0.705. The second-order valence-corrected chi connectivity index (χ2v) is 6.39. The molecular weight excluding hydrogens is 392 g/mol. The van der Waals surface area contributed by atoms with Gasteiger partial charge < -0.3 is 19.5 Å². The average Bonchev–Trinajstić information content (AvgIpc) is 3.29. The van der Waals surface area contributed by atoms with Gasteiger partial charge in [0.15, 0.2) is 16.2 Å². The monoisotopic (exact) mass is 404 g/mol. The van der Waals surface area contributed by atoms with E-state index in [1.807, 2.05) is 0 Å². The SMILES string of the molecule is Cn1nc(NC(=O)c2ccc(Br)o2)c2c1NC(=O)CC2c1ccco1. The summed E-state index contributed by atoms with van der Waals surface area (Å²) in [4.78, 5) is 24.4. The summed E-state index contributed by atoms with van der Waals surface area (Å²) in [6.45, 7) is 0. The van der Waals surface area contributed by atoms with E-state index < -0.39 is 5.91 Å². The molecule has 2 N–H and O–H groups in total. The van der Waals surface area contributed by atoms with Crippen LogP contribution >= 0.6 is 15.9 Å². The summed E-state index contributed by atoms with van der Waals surface area (Å²) in [7, 11) is 1.70. The Hall–Kier alpha value is -2.81. The zero-order valence-electron chi connectivity index (χ0n) is 13.1. The highest BCUT2D eigenvalue weighted by Crippen LogP contribution is 2.41. The zero-order chi connectivity index (χ0) is 17.6. The minimum atomic E-state index is -0.429. The van der Waals surface area contributed by atoms with Crippen LogP contribution in [0.15, 0.2) is 44.0 Å². The van der Waals surface area contributed by atoms with Gasteiger partial charge in [-0.2, -0.15) is 5.10 Å². The number of carbonyl (C=O) groups excluding carboxylic acids is 2. The van der Waals surface area contributed by atoms with Crippen molar-refractivity contribution in [2.24, 2.45) is 7.05 Å². The molecule has 2 amide bonds. The third-order valence-corrected chi connectivity index (χ3v) is 4.42. The molecule has 1 atom stereocenters. The first-order valence-electron chi connectivity index (χ1n) is 7.49. The lowest BCUT2D eigenvalue weighted by atomic mass is 9.91. The van der Waals surface area contributed by atoms with E-state index in [1.165, 1.54) is 4.68 Å². The number of nitrogens with zero attached hydrogens (tertiary/aromatic N) is 2. The van der Waals surface area contributed by atoms with Crippen molar-refractivity contribution in [2.75, 3.05) is 10.6 Å². The molecule has 4 rings (SSSR count). The standard InChI is InChI=1S/C16H13BrN4O4/c1-21-15-13(8(7-12(22)18-15)9-3-2-6-24-9)14(20-21)19-16(23)10-4-5-11(17)25-10/h2-6,8H,7H2,1H3,(H,18,22)(H,19,20,23). The van der Waals surface area contributed by atoms with E-state index in [0.29, 0.717) is 27.6 Å². The van der Waals surface area contributed by atoms with Crippen LogP contribution in [0.1, 0.15) is 34.2 Å². The van der Waals surface area contributed by atoms with Crippen LogP contribution in [0.3, 0.4) is 0 Å². The van der Waals surface area contributed by atoms with E-state index in [9.17, 15) is 9.59 Å². The van der Waals surface area contributed by atoms with Crippen LogP contribution in [-0.2, 0) is 11.8 Å². The second-order valence-electron chi connectivity index (χ2n) is 5.61. The third kappa shape index (κ3) is 2.76. The summed E-state index contributed by atoms with van der Waals surface area (Å²) in [6.07, 6.45) is 1.76. The molecule has 1 aliphatic heterocycles. The summed E-state index contributed by atoms with van der Waals surface area (Å²) < 4.78 is 12.7. The molecule has 1 aliphatic rings. The van der Waals surface area contributed by atoms with E-state index in [0.717, 1.165) is 0 Å². The highest BCUT2D eigenvalue weighted by Gasteiger charge is 2.35. The van der Waals surface area contributed by atoms with Gasteiger partial charge in [-0.15, -0.1) is 0 Å². The molecule has 0 spiro atoms. The van der Waals surface area contributed by atoms with Crippen molar-refractivity contribution in [2.45, 2.75) is 12.3 Å². The summed E-state index contributed by atoms with van der Waals surface area (Å²) in [5, 5.41) is 9.88. The predicted molar refractivity (Wildman–Crippen MR) is 91.4 cm³/mol. The number of aromatic nitrogens is 2. The summed E-state index contributed by atoms with van der Waals surface area (Å²) in [6, 6.07) is 6.75. The highest BCUT2D eigenvalue weighted by molar-refractivity contribution is 9.10. The van der Waals surface area contributed by atoms with Crippen LogP contribution in [-0.4, -0.2) is 21.6 Å². The number of hydrogen-bond donors (Lipinski definition) is 2. The van der Waals surface area contributed by atoms with Crippen LogP contribution in [0.2, 0.25) is 0 Å². The molecule has 3 aromatic rings. The first-order valence-corrected chi connectivity index (χ1v) is 8.29. The number of halogens is 1. The van der Waals surface area contributed by atoms with Crippen LogP contribution in [0.4, 0.5) is 11.6 Å². The maximum absolute atomic E-state index is 12.4. The van der Waals surface area contributed by atoms with Gasteiger partial charge >= 0.3 is 0 Å². The number of fused-ring (bicyclic) bond motifs is 1. The number of amides is 2. The number of rotatable bonds is 3. The molecule has 128 valence electrons. The summed E-state index contributed by atoms with van der Waals surface area (Å²) >= 11 is 3.17. The number of aryl methyl sites for hydroxylation is 1. The fourth-order valence-electron chi connectivity index (χ4n) is 2.92. The van der Waals surface area contributed by atoms with E-state index in [1.54, 1.807) is 37.6 Å². The molecule has 25 heavy (non-hydrogen) atoms. The van der Waals surface area contributed by atoms with Gasteiger partial charge in [0.25, 0.3) is 5.91 Å². The number of hydrogen-bond acceptors (Lipinski definition) is 5. The van der Waals surface area contributed by atoms with Gasteiger partial charge in [-0.25, -0.2) is 0 Å². The average molecular weight is 405 g/mol. The van der Waals surface area contributed by atoms with Crippen LogP contribution in [0.25, 0.3) is 0 Å². The lowest BCUT2D eigenvalue weighted by Crippen LogP contribution is -2.25. The van der Waals surface area contributed by atoms with Crippen molar-refractivity contribution in [1.82, 2.24) is 9.78 Å². The predicted octanol–water partition coefficient (Wildman–Crippen LogP) is 3.10. The Morgan fingerprint density at radius 1 is 1.44 bits per heavy atom. The van der Waals surface area contributed by atoms with Crippen molar-refractivity contribution >= 4 is 39.4 Å². The van der Waals surface area contributed by atoms with E-state index >= 15 is 0 Å². The molecule has 4 heterocycles. The Bertz CT molecular complexity index is 957. The van der Waals surface area contributed by atoms with Gasteiger partial charge in [0.2, 0.25) is 5.91 Å². The van der Waals surface area contributed by atoms with Crippen molar-refractivity contribution in [3.63, 3.8) is 0 Å². The van der Waals surface area contributed by atoms with Crippen molar-refractivity contribution in [1.29, 1.82) is 0 Å². The molecule has 0 saturated heterocycles. The Morgan fingerprint density at radius 2 is 2.28 bits per heavy atom. The zero-order valence-corrected chi connectivity index (χ0v) is 14.7. The topological polar surface area (TPSA) is 102 Å². The third-order valence-electron chi connectivity index (χ3n) is 4.00. The number of anilines is 2. The number of carbonyl (C=O) groups is 2. The molecule has 1 unspecified atom stereocenters. The minimum Gasteiger partial charge on any atom is -0.469 e. The van der Waals surface area contributed by atoms with Gasteiger partial charge in [0.1, 0.15) is 11.6 Å². The molecule has 3 aromatic heterocycles. The van der Waals surface area contributed by atoms with Crippen LogP contribution < -0.4 is 10.6 Å². The van der Waals surface area contributed by atoms with Gasteiger partial charge in [0, 0.05) is 13.5 Å². The quantitative estimate of drug-likeness (QED) is 0.697. The van der Waals surface area contributed by atoms with E-state index in [-0.39, 0.29) is 24.0 Å². The maximum Gasteiger partial charge on any atom is 0.292 e. The van der Waals surface area contributed by atoms with Crippen LogP contribution in [0.5, 0.6) is 0 Å². The van der Waals surface area contributed by atoms with Gasteiger partial charge in [-0.05, 0) is 40.2 Å². The molecule has 0 saturated carbocycles. The van der Waals surface area contributed by atoms with Gasteiger partial charge in [-0.1, -0.05) is 0 Å². The number of furan rings is 2. The van der Waals surface area contributed by atoms with Crippen molar-refractivity contribution in [3.8, 4) is 0 Å². The number of nitrogens with one attached hydrogen (secondary N) is 2. The van der Waals surface area contributed by atoms with Gasteiger partial charge in [0.05, 0.1) is 17.7 Å². The Labute approximate surface area is 150 Å². The van der Waals surface area contributed by atoms with Crippen LogP contribution in [0, 0.1) is 0 Å². The maximum atomic E-state index is 12.4. The molecule has 8 nitrogen and oxygen atoms in total. The second kappa shape index (κ2) is 5.92. The molecule has 0 aliphatic carbocycles.